The number of pyridine rings is 1. The molecule has 0 saturated heterocycles. The molecule has 0 radical (unpaired) electrons. The van der Waals surface area contributed by atoms with Gasteiger partial charge in [0.05, 0.1) is 13.7 Å². The lowest BCUT2D eigenvalue weighted by atomic mass is 10.1. The molecule has 0 aliphatic carbocycles. The van der Waals surface area contributed by atoms with Gasteiger partial charge in [-0.3, -0.25) is 0 Å². The Hall–Kier alpha value is -2.56. The van der Waals surface area contributed by atoms with E-state index in [1.54, 1.807) is 13.3 Å². The summed E-state index contributed by atoms with van der Waals surface area (Å²) in [7, 11) is 1.63. The van der Waals surface area contributed by atoms with Crippen LogP contribution in [0, 0.1) is 6.92 Å². The first-order valence-electron chi connectivity index (χ1n) is 7.78. The maximum Gasteiger partial charge on any atom is 0.218 e. The van der Waals surface area contributed by atoms with Crippen LogP contribution in [0.3, 0.4) is 0 Å². The Morgan fingerprint density at radius 3 is 2.83 bits per heavy atom. The smallest absolute Gasteiger partial charge is 0.218 e. The zero-order valence-corrected chi connectivity index (χ0v) is 14.0. The highest BCUT2D eigenvalue weighted by molar-refractivity contribution is 5.79. The lowest BCUT2D eigenvalue weighted by molar-refractivity contribution is 0.392. The van der Waals surface area contributed by atoms with E-state index in [0.29, 0.717) is 19.0 Å². The molecule has 0 aliphatic heterocycles. The number of aryl methyl sites for hydroxylation is 1. The highest BCUT2D eigenvalue weighted by atomic mass is 16.5. The Kier molecular flexibility index (Phi) is 6.41. The molecule has 23 heavy (non-hydrogen) atoms. The molecule has 1 aromatic carbocycles. The van der Waals surface area contributed by atoms with Gasteiger partial charge in [0.1, 0.15) is 0 Å². The van der Waals surface area contributed by atoms with E-state index in [2.05, 4.69) is 58.7 Å². The number of ether oxygens (including phenoxy) is 1. The fourth-order valence-corrected chi connectivity index (χ4v) is 2.24. The predicted molar refractivity (Wildman–Crippen MR) is 93.6 cm³/mol. The SMILES string of the molecule is CCNC(=NCc1cccc(C)c1)NCc1cccnc1OC. The van der Waals surface area contributed by atoms with Crippen LogP contribution in [0.5, 0.6) is 5.88 Å². The van der Waals surface area contributed by atoms with Gasteiger partial charge in [-0.15, -0.1) is 0 Å². The molecule has 5 nitrogen and oxygen atoms in total. The number of guanidine groups is 1. The molecule has 0 amide bonds. The second kappa shape index (κ2) is 8.78. The average molecular weight is 312 g/mol. The van der Waals surface area contributed by atoms with Crippen LogP contribution in [0.1, 0.15) is 23.6 Å². The van der Waals surface area contributed by atoms with Crippen LogP contribution in [0.15, 0.2) is 47.6 Å². The molecule has 0 atom stereocenters. The number of hydrogen-bond donors (Lipinski definition) is 2. The summed E-state index contributed by atoms with van der Waals surface area (Å²) in [5, 5.41) is 6.57. The quantitative estimate of drug-likeness (QED) is 0.636. The molecule has 122 valence electrons. The number of hydrogen-bond acceptors (Lipinski definition) is 3. The maximum atomic E-state index is 5.27. The van der Waals surface area contributed by atoms with Crippen molar-refractivity contribution < 1.29 is 4.74 Å². The molecule has 2 aromatic rings. The van der Waals surface area contributed by atoms with E-state index < -0.39 is 0 Å². The van der Waals surface area contributed by atoms with Gasteiger partial charge >= 0.3 is 0 Å². The minimum absolute atomic E-state index is 0.608. The number of nitrogens with zero attached hydrogens (tertiary/aromatic N) is 2. The van der Waals surface area contributed by atoms with Gasteiger partial charge in [-0.05, 0) is 25.5 Å². The zero-order chi connectivity index (χ0) is 16.5. The van der Waals surface area contributed by atoms with Gasteiger partial charge in [0.15, 0.2) is 5.96 Å². The summed E-state index contributed by atoms with van der Waals surface area (Å²) in [6.45, 7) is 6.20. The summed E-state index contributed by atoms with van der Waals surface area (Å²) in [4.78, 5) is 8.83. The molecular weight excluding hydrogens is 288 g/mol. The normalized spacial score (nSPS) is 11.2. The molecule has 2 N–H and O–H groups in total. The molecule has 0 unspecified atom stereocenters. The number of aromatic nitrogens is 1. The average Bonchev–Trinajstić information content (AvgIpc) is 2.57. The molecular formula is C18H24N4O. The van der Waals surface area contributed by atoms with Crippen LogP contribution < -0.4 is 15.4 Å². The monoisotopic (exact) mass is 312 g/mol. The van der Waals surface area contributed by atoms with Gasteiger partial charge in [-0.25, -0.2) is 9.98 Å². The topological polar surface area (TPSA) is 58.5 Å². The van der Waals surface area contributed by atoms with Crippen molar-refractivity contribution in [1.82, 2.24) is 15.6 Å². The maximum absolute atomic E-state index is 5.27. The summed E-state index contributed by atoms with van der Waals surface area (Å²) in [6.07, 6.45) is 1.72. The zero-order valence-electron chi connectivity index (χ0n) is 14.0. The minimum atomic E-state index is 0.608. The molecule has 1 aromatic heterocycles. The largest absolute Gasteiger partial charge is 0.481 e. The molecule has 0 bridgehead atoms. The third kappa shape index (κ3) is 5.29. The van der Waals surface area contributed by atoms with Crippen molar-refractivity contribution in [3.8, 4) is 5.88 Å². The fraction of sp³-hybridized carbons (Fsp3) is 0.333. The van der Waals surface area contributed by atoms with Gasteiger partial charge in [0.25, 0.3) is 0 Å². The van der Waals surface area contributed by atoms with Crippen molar-refractivity contribution in [3.63, 3.8) is 0 Å². The highest BCUT2D eigenvalue weighted by Gasteiger charge is 2.04. The Morgan fingerprint density at radius 2 is 2.09 bits per heavy atom. The minimum Gasteiger partial charge on any atom is -0.481 e. The van der Waals surface area contributed by atoms with Crippen LogP contribution in [-0.4, -0.2) is 24.6 Å². The van der Waals surface area contributed by atoms with Crippen molar-refractivity contribution in [2.45, 2.75) is 26.9 Å². The first-order valence-corrected chi connectivity index (χ1v) is 7.78. The summed E-state index contributed by atoms with van der Waals surface area (Å²) < 4.78 is 5.27. The van der Waals surface area contributed by atoms with Crippen LogP contribution >= 0.6 is 0 Å². The Morgan fingerprint density at radius 1 is 1.22 bits per heavy atom. The van der Waals surface area contributed by atoms with Crippen molar-refractivity contribution in [3.05, 3.63) is 59.3 Å². The molecule has 5 heteroatoms. The van der Waals surface area contributed by atoms with Crippen LogP contribution in [0.25, 0.3) is 0 Å². The number of nitrogens with one attached hydrogen (secondary N) is 2. The van der Waals surface area contributed by atoms with E-state index >= 15 is 0 Å². The molecule has 0 aliphatic rings. The van der Waals surface area contributed by atoms with Crippen molar-refractivity contribution >= 4 is 5.96 Å². The van der Waals surface area contributed by atoms with Crippen molar-refractivity contribution in [1.29, 1.82) is 0 Å². The third-order valence-corrected chi connectivity index (χ3v) is 3.34. The lowest BCUT2D eigenvalue weighted by Gasteiger charge is -2.13. The summed E-state index contributed by atoms with van der Waals surface area (Å²) in [6, 6.07) is 12.3. The Labute approximate surface area is 137 Å². The summed E-state index contributed by atoms with van der Waals surface area (Å²) >= 11 is 0. The summed E-state index contributed by atoms with van der Waals surface area (Å²) in [5.74, 6) is 1.41. The summed E-state index contributed by atoms with van der Waals surface area (Å²) in [5.41, 5.74) is 3.44. The number of methoxy groups -OCH3 is 1. The molecule has 2 rings (SSSR count). The van der Waals surface area contributed by atoms with E-state index in [0.717, 1.165) is 18.1 Å². The number of aliphatic imine (C=N–C) groups is 1. The van der Waals surface area contributed by atoms with Crippen molar-refractivity contribution in [2.75, 3.05) is 13.7 Å². The molecule has 0 fully saturated rings. The predicted octanol–water partition coefficient (Wildman–Crippen LogP) is 2.65. The third-order valence-electron chi connectivity index (χ3n) is 3.34. The van der Waals surface area contributed by atoms with Gasteiger partial charge in [-0.2, -0.15) is 0 Å². The van der Waals surface area contributed by atoms with Gasteiger partial charge in [0, 0.05) is 24.8 Å². The molecule has 0 saturated carbocycles. The van der Waals surface area contributed by atoms with Crippen LogP contribution in [0.4, 0.5) is 0 Å². The molecule has 0 spiro atoms. The van der Waals surface area contributed by atoms with E-state index in [-0.39, 0.29) is 0 Å². The number of rotatable bonds is 6. The van der Waals surface area contributed by atoms with E-state index in [9.17, 15) is 0 Å². The number of benzene rings is 1. The Balaban J connectivity index is 2.01. The first-order chi connectivity index (χ1) is 11.2. The lowest BCUT2D eigenvalue weighted by Crippen LogP contribution is -2.36. The van der Waals surface area contributed by atoms with Gasteiger partial charge < -0.3 is 15.4 Å². The molecule has 1 heterocycles. The standard InChI is InChI=1S/C18H24N4O/c1-4-19-18(21-12-15-8-5-7-14(2)11-15)22-13-16-9-6-10-20-17(16)23-3/h5-11H,4,12-13H2,1-3H3,(H2,19,21,22). The van der Waals surface area contributed by atoms with Gasteiger partial charge in [-0.1, -0.05) is 35.9 Å². The second-order valence-electron chi connectivity index (χ2n) is 5.21. The Bertz CT molecular complexity index is 655. The van der Waals surface area contributed by atoms with Crippen LogP contribution in [0.2, 0.25) is 0 Å². The fourth-order valence-electron chi connectivity index (χ4n) is 2.24. The van der Waals surface area contributed by atoms with E-state index in [1.165, 1.54) is 11.1 Å². The second-order valence-corrected chi connectivity index (χ2v) is 5.21. The van der Waals surface area contributed by atoms with E-state index in [4.69, 9.17) is 4.74 Å². The van der Waals surface area contributed by atoms with Crippen LogP contribution in [-0.2, 0) is 13.1 Å². The highest BCUT2D eigenvalue weighted by Crippen LogP contribution is 2.12. The van der Waals surface area contributed by atoms with Gasteiger partial charge in [0.2, 0.25) is 5.88 Å². The first kappa shape index (κ1) is 16.8. The van der Waals surface area contributed by atoms with E-state index in [1.807, 2.05) is 12.1 Å². The van der Waals surface area contributed by atoms with Crippen molar-refractivity contribution in [2.24, 2.45) is 4.99 Å².